The number of aromatic hydroxyl groups is 1. The van der Waals surface area contributed by atoms with E-state index in [4.69, 9.17) is 0 Å². The molecule has 0 amide bonds. The van der Waals surface area contributed by atoms with Crippen LogP contribution in [0.2, 0.25) is 0 Å². The van der Waals surface area contributed by atoms with Gasteiger partial charge in [0.1, 0.15) is 5.75 Å². The van der Waals surface area contributed by atoms with Crippen LogP contribution >= 0.6 is 0 Å². The molecule has 6 nitrogen and oxygen atoms in total. The smallest absolute Gasteiger partial charge is 0.240 e. The monoisotopic (exact) mass is 281 g/mol. The van der Waals surface area contributed by atoms with E-state index in [2.05, 4.69) is 9.82 Å². The Labute approximate surface area is 111 Å². The van der Waals surface area contributed by atoms with Gasteiger partial charge < -0.3 is 5.11 Å². The van der Waals surface area contributed by atoms with Crippen molar-refractivity contribution in [1.29, 1.82) is 0 Å². The number of hydrogen-bond acceptors (Lipinski definition) is 4. The van der Waals surface area contributed by atoms with E-state index >= 15 is 0 Å². The van der Waals surface area contributed by atoms with Crippen LogP contribution in [0.4, 0.5) is 0 Å². The van der Waals surface area contributed by atoms with Crippen LogP contribution in [0, 0.1) is 0 Å². The minimum Gasteiger partial charge on any atom is -0.508 e. The first-order valence-corrected chi connectivity index (χ1v) is 7.32. The molecular weight excluding hydrogens is 266 g/mol. The van der Waals surface area contributed by atoms with Crippen molar-refractivity contribution in [2.24, 2.45) is 0 Å². The molecule has 19 heavy (non-hydrogen) atoms. The summed E-state index contributed by atoms with van der Waals surface area (Å²) in [5, 5.41) is 13.3. The molecule has 102 valence electrons. The van der Waals surface area contributed by atoms with Gasteiger partial charge in [-0.05, 0) is 30.7 Å². The van der Waals surface area contributed by atoms with Crippen molar-refractivity contribution in [1.82, 2.24) is 14.5 Å². The van der Waals surface area contributed by atoms with E-state index in [1.54, 1.807) is 10.9 Å². The molecule has 7 heteroatoms. The number of aromatic nitrogens is 2. The number of benzene rings is 1. The molecule has 2 aromatic rings. The molecule has 0 radical (unpaired) electrons. The highest BCUT2D eigenvalue weighted by molar-refractivity contribution is 7.89. The summed E-state index contributed by atoms with van der Waals surface area (Å²) in [5.41, 5.74) is 0. The zero-order valence-electron chi connectivity index (χ0n) is 10.2. The summed E-state index contributed by atoms with van der Waals surface area (Å²) in [4.78, 5) is 0.0617. The van der Waals surface area contributed by atoms with Gasteiger partial charge in [-0.3, -0.25) is 4.68 Å². The van der Waals surface area contributed by atoms with Crippen molar-refractivity contribution in [2.75, 3.05) is 6.54 Å². The number of phenols is 1. The Balaban J connectivity index is 1.88. The summed E-state index contributed by atoms with van der Waals surface area (Å²) in [6, 6.07) is 7.40. The first kappa shape index (κ1) is 13.6. The predicted molar refractivity (Wildman–Crippen MR) is 70.1 cm³/mol. The maximum absolute atomic E-state index is 11.9. The summed E-state index contributed by atoms with van der Waals surface area (Å²) in [7, 11) is -3.56. The van der Waals surface area contributed by atoms with E-state index in [9.17, 15) is 13.5 Å². The molecule has 0 atom stereocenters. The maximum Gasteiger partial charge on any atom is 0.240 e. The van der Waals surface area contributed by atoms with Crippen molar-refractivity contribution in [3.05, 3.63) is 42.7 Å². The number of rotatable bonds is 6. The van der Waals surface area contributed by atoms with Gasteiger partial charge in [0.15, 0.2) is 0 Å². The number of aryl methyl sites for hydroxylation is 1. The zero-order chi connectivity index (χ0) is 13.7. The molecule has 0 aliphatic rings. The average molecular weight is 281 g/mol. The number of sulfonamides is 1. The minimum absolute atomic E-state index is 0.0617. The highest BCUT2D eigenvalue weighted by Gasteiger charge is 2.13. The molecule has 0 saturated heterocycles. The normalized spacial score (nSPS) is 11.6. The van der Waals surface area contributed by atoms with Crippen LogP contribution in [-0.4, -0.2) is 29.8 Å². The topological polar surface area (TPSA) is 84.2 Å². The first-order chi connectivity index (χ1) is 9.08. The van der Waals surface area contributed by atoms with E-state index in [-0.39, 0.29) is 10.6 Å². The van der Waals surface area contributed by atoms with Crippen molar-refractivity contribution in [3.63, 3.8) is 0 Å². The number of phenolic OH excluding ortho intramolecular Hbond substituents is 1. The number of hydrogen-bond donors (Lipinski definition) is 2. The van der Waals surface area contributed by atoms with Gasteiger partial charge in [0.25, 0.3) is 0 Å². The van der Waals surface area contributed by atoms with E-state index < -0.39 is 10.0 Å². The largest absolute Gasteiger partial charge is 0.508 e. The SMILES string of the molecule is O=S(=O)(NCCCn1cccn1)c1cccc(O)c1. The predicted octanol–water partition coefficient (Wildman–Crippen LogP) is 0.957. The van der Waals surface area contributed by atoms with Crippen LogP contribution < -0.4 is 4.72 Å². The van der Waals surface area contributed by atoms with E-state index in [0.717, 1.165) is 0 Å². The van der Waals surface area contributed by atoms with Gasteiger partial charge in [-0.25, -0.2) is 13.1 Å². The quantitative estimate of drug-likeness (QED) is 0.772. The molecule has 0 fully saturated rings. The third-order valence-electron chi connectivity index (χ3n) is 2.54. The Morgan fingerprint density at radius 3 is 2.84 bits per heavy atom. The van der Waals surface area contributed by atoms with Gasteiger partial charge in [0, 0.05) is 25.5 Å². The van der Waals surface area contributed by atoms with Gasteiger partial charge >= 0.3 is 0 Å². The van der Waals surface area contributed by atoms with Gasteiger partial charge in [0.05, 0.1) is 4.90 Å². The van der Waals surface area contributed by atoms with E-state index in [0.29, 0.717) is 19.5 Å². The molecule has 1 heterocycles. The lowest BCUT2D eigenvalue weighted by Crippen LogP contribution is -2.25. The molecule has 0 bridgehead atoms. The third kappa shape index (κ3) is 3.80. The number of nitrogens with zero attached hydrogens (tertiary/aromatic N) is 2. The van der Waals surface area contributed by atoms with Crippen LogP contribution in [-0.2, 0) is 16.6 Å². The zero-order valence-corrected chi connectivity index (χ0v) is 11.0. The van der Waals surface area contributed by atoms with E-state index in [1.807, 2.05) is 12.3 Å². The Kier molecular flexibility index (Phi) is 4.18. The summed E-state index contributed by atoms with van der Waals surface area (Å²) in [5.74, 6) is -0.0700. The molecule has 2 N–H and O–H groups in total. The van der Waals surface area contributed by atoms with Crippen molar-refractivity contribution in [2.45, 2.75) is 17.9 Å². The van der Waals surface area contributed by atoms with Crippen LogP contribution in [0.1, 0.15) is 6.42 Å². The van der Waals surface area contributed by atoms with Gasteiger partial charge in [0.2, 0.25) is 10.0 Å². The molecule has 0 aliphatic heterocycles. The first-order valence-electron chi connectivity index (χ1n) is 5.84. The lowest BCUT2D eigenvalue weighted by Gasteiger charge is -2.07. The summed E-state index contributed by atoms with van der Waals surface area (Å²) in [6.07, 6.45) is 4.14. The third-order valence-corrected chi connectivity index (χ3v) is 4.00. The highest BCUT2D eigenvalue weighted by Crippen LogP contribution is 2.15. The Hall–Kier alpha value is -1.86. The van der Waals surface area contributed by atoms with Crippen LogP contribution in [0.25, 0.3) is 0 Å². The highest BCUT2D eigenvalue weighted by atomic mass is 32.2. The fraction of sp³-hybridized carbons (Fsp3) is 0.250. The average Bonchev–Trinajstić information content (AvgIpc) is 2.88. The van der Waals surface area contributed by atoms with Gasteiger partial charge in [-0.1, -0.05) is 6.07 Å². The standard InChI is InChI=1S/C12H15N3O3S/c16-11-4-1-5-12(10-11)19(17,18)14-7-3-9-15-8-2-6-13-15/h1-2,4-6,8,10,14,16H,3,7,9H2. The van der Waals surface area contributed by atoms with E-state index in [1.165, 1.54) is 24.3 Å². The molecule has 0 saturated carbocycles. The Morgan fingerprint density at radius 2 is 2.16 bits per heavy atom. The van der Waals surface area contributed by atoms with Crippen LogP contribution in [0.15, 0.2) is 47.6 Å². The molecule has 1 aromatic heterocycles. The summed E-state index contributed by atoms with van der Waals surface area (Å²) >= 11 is 0. The Bertz CT molecular complexity index is 623. The molecule has 0 aliphatic carbocycles. The lowest BCUT2D eigenvalue weighted by atomic mass is 10.3. The molecular formula is C12H15N3O3S. The fourth-order valence-electron chi connectivity index (χ4n) is 1.61. The van der Waals surface area contributed by atoms with Crippen molar-refractivity contribution >= 4 is 10.0 Å². The second-order valence-corrected chi connectivity index (χ2v) is 5.78. The molecule has 0 unspecified atom stereocenters. The fourth-order valence-corrected chi connectivity index (χ4v) is 2.73. The van der Waals surface area contributed by atoms with Crippen molar-refractivity contribution in [3.8, 4) is 5.75 Å². The molecule has 2 rings (SSSR count). The second-order valence-electron chi connectivity index (χ2n) is 4.02. The van der Waals surface area contributed by atoms with Gasteiger partial charge in [-0.15, -0.1) is 0 Å². The minimum atomic E-state index is -3.56. The Morgan fingerprint density at radius 1 is 1.32 bits per heavy atom. The van der Waals surface area contributed by atoms with Crippen molar-refractivity contribution < 1.29 is 13.5 Å². The van der Waals surface area contributed by atoms with Crippen LogP contribution in [0.5, 0.6) is 5.75 Å². The van der Waals surface area contributed by atoms with Crippen LogP contribution in [0.3, 0.4) is 0 Å². The lowest BCUT2D eigenvalue weighted by molar-refractivity contribution is 0.473. The second kappa shape index (κ2) is 5.85. The summed E-state index contributed by atoms with van der Waals surface area (Å²) in [6.45, 7) is 0.966. The maximum atomic E-state index is 11.9. The molecule has 0 spiro atoms. The number of nitrogens with one attached hydrogen (secondary N) is 1. The molecule has 1 aromatic carbocycles. The van der Waals surface area contributed by atoms with Gasteiger partial charge in [-0.2, -0.15) is 5.10 Å². The summed E-state index contributed by atoms with van der Waals surface area (Å²) < 4.78 is 28.0.